The number of amides is 1. The molecule has 3 aromatic rings. The fraction of sp³-hybridized carbons (Fsp3) is 0.211. The molecular weight excluding hydrogens is 449 g/mol. The molecule has 0 fully saturated rings. The zero-order valence-corrected chi connectivity index (χ0v) is 18.1. The van der Waals surface area contributed by atoms with E-state index in [9.17, 15) is 4.79 Å². The number of halogens is 2. The van der Waals surface area contributed by atoms with Gasteiger partial charge in [0.1, 0.15) is 13.2 Å². The predicted molar refractivity (Wildman–Crippen MR) is 117 cm³/mol. The van der Waals surface area contributed by atoms with E-state index in [-0.39, 0.29) is 5.91 Å². The van der Waals surface area contributed by atoms with Crippen LogP contribution in [0.15, 0.2) is 41.6 Å². The van der Waals surface area contributed by atoms with Crippen molar-refractivity contribution in [2.75, 3.05) is 24.4 Å². The van der Waals surface area contributed by atoms with Crippen LogP contribution in [0.4, 0.5) is 5.69 Å². The molecule has 0 aliphatic carbocycles. The Hall–Kier alpha value is -2.62. The highest BCUT2D eigenvalue weighted by Crippen LogP contribution is 2.34. The Kier molecular flexibility index (Phi) is 5.94. The Morgan fingerprint density at radius 3 is 2.70 bits per heavy atom. The molecule has 0 spiro atoms. The Morgan fingerprint density at radius 2 is 1.93 bits per heavy atom. The molecule has 8 nitrogen and oxygen atoms in total. The number of carbonyl (C=O) groups is 1. The molecule has 1 aromatic heterocycles. The summed E-state index contributed by atoms with van der Waals surface area (Å²) >= 11 is 13.3. The maximum atomic E-state index is 12.6. The number of hydrogen-bond acceptors (Lipinski definition) is 7. The average molecular weight is 466 g/mol. The van der Waals surface area contributed by atoms with Gasteiger partial charge in [0.2, 0.25) is 11.1 Å². The van der Waals surface area contributed by atoms with Crippen molar-refractivity contribution < 1.29 is 14.3 Å². The van der Waals surface area contributed by atoms with Crippen LogP contribution in [0.25, 0.3) is 11.4 Å². The van der Waals surface area contributed by atoms with Crippen LogP contribution < -0.4 is 20.6 Å². The van der Waals surface area contributed by atoms with Crippen LogP contribution in [0, 0.1) is 0 Å². The van der Waals surface area contributed by atoms with E-state index >= 15 is 0 Å². The smallest absolute Gasteiger partial charge is 0.237 e. The van der Waals surface area contributed by atoms with Crippen LogP contribution in [0.2, 0.25) is 10.0 Å². The summed E-state index contributed by atoms with van der Waals surface area (Å²) in [6.45, 7) is 2.74. The molecule has 1 aliphatic heterocycles. The largest absolute Gasteiger partial charge is 0.486 e. The lowest BCUT2D eigenvalue weighted by atomic mass is 10.2. The number of fused-ring (bicyclic) bond motifs is 1. The minimum atomic E-state index is -0.488. The SMILES string of the molecule is CC(Sc1nnc(-c2ccc(Cl)cc2Cl)n1N)C(=O)Nc1ccc2c(c1)OCCO2. The van der Waals surface area contributed by atoms with E-state index in [0.717, 1.165) is 0 Å². The van der Waals surface area contributed by atoms with E-state index in [1.165, 1.54) is 16.4 Å². The first kappa shape index (κ1) is 20.6. The Labute approximate surface area is 186 Å². The molecule has 2 heterocycles. The predicted octanol–water partition coefficient (Wildman–Crippen LogP) is 3.86. The number of hydrogen-bond donors (Lipinski definition) is 2. The molecule has 0 bridgehead atoms. The van der Waals surface area contributed by atoms with E-state index in [2.05, 4.69) is 15.5 Å². The van der Waals surface area contributed by atoms with Gasteiger partial charge in [-0.3, -0.25) is 4.79 Å². The monoisotopic (exact) mass is 465 g/mol. The van der Waals surface area contributed by atoms with Crippen LogP contribution >= 0.6 is 35.0 Å². The molecule has 11 heteroatoms. The highest BCUT2D eigenvalue weighted by molar-refractivity contribution is 8.00. The van der Waals surface area contributed by atoms with Crippen LogP contribution in [0.1, 0.15) is 6.92 Å². The van der Waals surface area contributed by atoms with Gasteiger partial charge in [-0.2, -0.15) is 0 Å². The van der Waals surface area contributed by atoms with Gasteiger partial charge >= 0.3 is 0 Å². The van der Waals surface area contributed by atoms with E-state index in [4.69, 9.17) is 38.5 Å². The van der Waals surface area contributed by atoms with Crippen LogP contribution in [0.5, 0.6) is 11.5 Å². The lowest BCUT2D eigenvalue weighted by Gasteiger charge is -2.19. The molecule has 30 heavy (non-hydrogen) atoms. The summed E-state index contributed by atoms with van der Waals surface area (Å²) in [6.07, 6.45) is 0. The second-order valence-corrected chi connectivity index (χ2v) is 8.56. The fourth-order valence-corrected chi connectivity index (χ4v) is 4.05. The number of nitrogen functional groups attached to an aromatic ring is 1. The first-order valence-electron chi connectivity index (χ1n) is 8.95. The summed E-state index contributed by atoms with van der Waals surface area (Å²) in [5.74, 6) is 7.55. The molecule has 156 valence electrons. The number of thioether (sulfide) groups is 1. The third kappa shape index (κ3) is 4.28. The fourth-order valence-electron chi connectivity index (χ4n) is 2.79. The van der Waals surface area contributed by atoms with Gasteiger partial charge in [0, 0.05) is 22.3 Å². The lowest BCUT2D eigenvalue weighted by Crippen LogP contribution is -2.24. The van der Waals surface area contributed by atoms with E-state index in [1.54, 1.807) is 43.3 Å². The molecular formula is C19H17Cl2N5O3S. The summed E-state index contributed by atoms with van der Waals surface area (Å²) < 4.78 is 12.3. The summed E-state index contributed by atoms with van der Waals surface area (Å²) in [4.78, 5) is 12.6. The van der Waals surface area contributed by atoms with E-state index < -0.39 is 5.25 Å². The Balaban J connectivity index is 1.45. The zero-order chi connectivity index (χ0) is 21.3. The summed E-state index contributed by atoms with van der Waals surface area (Å²) in [5.41, 5.74) is 1.20. The molecule has 4 rings (SSSR count). The number of nitrogens with zero attached hydrogens (tertiary/aromatic N) is 3. The van der Waals surface area contributed by atoms with E-state index in [0.29, 0.717) is 57.0 Å². The highest BCUT2D eigenvalue weighted by Gasteiger charge is 2.22. The molecule has 1 atom stereocenters. The number of carbonyl (C=O) groups excluding carboxylic acids is 1. The van der Waals surface area contributed by atoms with Gasteiger partial charge in [-0.25, -0.2) is 4.68 Å². The summed E-state index contributed by atoms with van der Waals surface area (Å²) in [7, 11) is 0. The molecule has 1 amide bonds. The second-order valence-electron chi connectivity index (χ2n) is 6.41. The van der Waals surface area contributed by atoms with Crippen molar-refractivity contribution in [3.05, 3.63) is 46.4 Å². The van der Waals surface area contributed by atoms with Gasteiger partial charge in [-0.05, 0) is 37.3 Å². The van der Waals surface area contributed by atoms with Crippen molar-refractivity contribution in [3.8, 4) is 22.9 Å². The molecule has 0 saturated carbocycles. The molecule has 1 aliphatic rings. The first-order valence-corrected chi connectivity index (χ1v) is 10.6. The van der Waals surface area contributed by atoms with Crippen LogP contribution in [-0.2, 0) is 4.79 Å². The number of nitrogens with one attached hydrogen (secondary N) is 1. The number of nitrogens with two attached hydrogens (primary N) is 1. The number of ether oxygens (including phenoxy) is 2. The standard InChI is InChI=1S/C19H17Cl2N5O3S/c1-10(18(27)23-12-3-5-15-16(9-12)29-7-6-28-15)30-19-25-24-17(26(19)22)13-4-2-11(20)8-14(13)21/h2-5,8-10H,6-7,22H2,1H3,(H,23,27). The maximum Gasteiger partial charge on any atom is 0.237 e. The Morgan fingerprint density at radius 1 is 1.17 bits per heavy atom. The highest BCUT2D eigenvalue weighted by atomic mass is 35.5. The van der Waals surface area contributed by atoms with Crippen molar-refractivity contribution in [1.29, 1.82) is 0 Å². The third-order valence-corrected chi connectivity index (χ3v) is 5.90. The minimum Gasteiger partial charge on any atom is -0.486 e. The van der Waals surface area contributed by atoms with Gasteiger partial charge in [0.15, 0.2) is 17.3 Å². The summed E-state index contributed by atoms with van der Waals surface area (Å²) in [6, 6.07) is 10.3. The van der Waals surface area contributed by atoms with Crippen molar-refractivity contribution in [2.45, 2.75) is 17.3 Å². The zero-order valence-electron chi connectivity index (χ0n) is 15.8. The van der Waals surface area contributed by atoms with Crippen molar-refractivity contribution in [2.24, 2.45) is 0 Å². The quantitative estimate of drug-likeness (QED) is 0.435. The molecule has 2 aromatic carbocycles. The van der Waals surface area contributed by atoms with Crippen molar-refractivity contribution in [1.82, 2.24) is 14.9 Å². The number of aromatic nitrogens is 3. The first-order chi connectivity index (χ1) is 14.4. The summed E-state index contributed by atoms with van der Waals surface area (Å²) in [5, 5.41) is 11.8. The molecule has 0 radical (unpaired) electrons. The van der Waals surface area contributed by atoms with Gasteiger partial charge < -0.3 is 20.6 Å². The number of benzene rings is 2. The van der Waals surface area contributed by atoms with Gasteiger partial charge in [-0.1, -0.05) is 35.0 Å². The second kappa shape index (κ2) is 8.63. The van der Waals surface area contributed by atoms with Crippen LogP contribution in [0.3, 0.4) is 0 Å². The molecule has 0 saturated heterocycles. The lowest BCUT2D eigenvalue weighted by molar-refractivity contribution is -0.115. The molecule has 3 N–H and O–H groups in total. The average Bonchev–Trinajstić information content (AvgIpc) is 3.08. The Bertz CT molecular complexity index is 1110. The molecule has 1 unspecified atom stereocenters. The maximum absolute atomic E-state index is 12.6. The van der Waals surface area contributed by atoms with Gasteiger partial charge in [0.25, 0.3) is 0 Å². The van der Waals surface area contributed by atoms with Crippen LogP contribution in [-0.4, -0.2) is 39.2 Å². The van der Waals surface area contributed by atoms with Crippen molar-refractivity contribution in [3.63, 3.8) is 0 Å². The number of anilines is 1. The van der Waals surface area contributed by atoms with Gasteiger partial charge in [0.05, 0.1) is 10.3 Å². The normalized spacial score (nSPS) is 13.7. The topological polar surface area (TPSA) is 104 Å². The van der Waals surface area contributed by atoms with Gasteiger partial charge in [-0.15, -0.1) is 10.2 Å². The number of rotatable bonds is 5. The van der Waals surface area contributed by atoms with Crippen molar-refractivity contribution >= 4 is 46.6 Å². The third-order valence-electron chi connectivity index (χ3n) is 4.30. The minimum absolute atomic E-state index is 0.217. The van der Waals surface area contributed by atoms with E-state index in [1.807, 2.05) is 0 Å².